The molecule has 0 bridgehead atoms. The van der Waals surface area contributed by atoms with Crippen LogP contribution in [0.15, 0.2) is 54.6 Å². The Bertz CT molecular complexity index is 910. The predicted octanol–water partition coefficient (Wildman–Crippen LogP) is 4.23. The van der Waals surface area contributed by atoms with Crippen LogP contribution in [0.25, 0.3) is 0 Å². The van der Waals surface area contributed by atoms with Crippen molar-refractivity contribution in [3.63, 3.8) is 0 Å². The van der Waals surface area contributed by atoms with E-state index in [2.05, 4.69) is 20.8 Å². The summed E-state index contributed by atoms with van der Waals surface area (Å²) in [5.74, 6) is -0.496. The van der Waals surface area contributed by atoms with Crippen molar-refractivity contribution in [1.82, 2.24) is 10.2 Å². The lowest BCUT2D eigenvalue weighted by Crippen LogP contribution is -2.15. The van der Waals surface area contributed by atoms with E-state index in [1.54, 1.807) is 18.2 Å². The summed E-state index contributed by atoms with van der Waals surface area (Å²) in [4.78, 5) is 12.1. The third-order valence-corrected chi connectivity index (χ3v) is 3.89. The first-order valence-electron chi connectivity index (χ1n) is 7.77. The fourth-order valence-electron chi connectivity index (χ4n) is 2.29. The number of carbonyl (C=O) groups is 1. The minimum absolute atomic E-state index is 0.104. The van der Waals surface area contributed by atoms with E-state index in [0.717, 1.165) is 11.3 Å². The van der Waals surface area contributed by atoms with Gasteiger partial charge in [0, 0.05) is 5.69 Å². The zero-order valence-electron chi connectivity index (χ0n) is 13.9. The molecule has 0 aliphatic carbocycles. The number of rotatable bonds is 4. The van der Waals surface area contributed by atoms with Crippen molar-refractivity contribution in [2.24, 2.45) is 0 Å². The highest BCUT2D eigenvalue weighted by Crippen LogP contribution is 2.21. The molecule has 25 heavy (non-hydrogen) atoms. The first-order chi connectivity index (χ1) is 12.0. The minimum Gasteiger partial charge on any atom is -0.339 e. The van der Waals surface area contributed by atoms with Gasteiger partial charge in [-0.25, -0.2) is 4.39 Å². The largest absolute Gasteiger partial charge is 0.339 e. The van der Waals surface area contributed by atoms with Gasteiger partial charge in [-0.05, 0) is 55.3 Å². The van der Waals surface area contributed by atoms with Crippen molar-refractivity contribution in [2.45, 2.75) is 13.8 Å². The topological polar surface area (TPSA) is 66.9 Å². The molecule has 5 nitrogen and oxygen atoms in total. The lowest BCUT2D eigenvalue weighted by Gasteiger charge is -2.10. The number of hydrogen-bond acceptors (Lipinski definition) is 4. The van der Waals surface area contributed by atoms with Gasteiger partial charge >= 0.3 is 0 Å². The summed E-state index contributed by atoms with van der Waals surface area (Å²) in [5, 5.41) is 13.6. The summed E-state index contributed by atoms with van der Waals surface area (Å²) in [5.41, 5.74) is 3.42. The normalized spacial score (nSPS) is 10.4. The molecule has 1 amide bonds. The van der Waals surface area contributed by atoms with Gasteiger partial charge in [0.25, 0.3) is 5.91 Å². The number of benzene rings is 2. The number of halogens is 1. The van der Waals surface area contributed by atoms with E-state index in [9.17, 15) is 9.18 Å². The quantitative estimate of drug-likeness (QED) is 0.748. The number of aromatic nitrogens is 2. The first kappa shape index (κ1) is 16.6. The molecular formula is C19H17FN4O. The highest BCUT2D eigenvalue weighted by atomic mass is 19.1. The van der Waals surface area contributed by atoms with E-state index < -0.39 is 11.7 Å². The molecule has 0 saturated carbocycles. The van der Waals surface area contributed by atoms with E-state index in [-0.39, 0.29) is 11.4 Å². The Balaban J connectivity index is 1.73. The Hall–Kier alpha value is -3.28. The number of aryl methyl sites for hydroxylation is 1. The third kappa shape index (κ3) is 3.80. The molecule has 3 aromatic rings. The van der Waals surface area contributed by atoms with Crippen LogP contribution in [0.5, 0.6) is 0 Å². The molecule has 1 aromatic heterocycles. The standard InChI is InChI=1S/C19H17FN4O/c1-12-6-5-9-15(13(12)2)21-18-11-10-17(23-24-18)19(25)22-16-8-4-3-7-14(16)20/h3-11H,1-2H3,(H,21,24)(H,22,25). The molecule has 0 atom stereocenters. The molecule has 2 N–H and O–H groups in total. The van der Waals surface area contributed by atoms with Crippen molar-refractivity contribution < 1.29 is 9.18 Å². The number of anilines is 3. The fraction of sp³-hybridized carbons (Fsp3) is 0.105. The van der Waals surface area contributed by atoms with E-state index in [1.807, 2.05) is 32.0 Å². The van der Waals surface area contributed by atoms with Crippen LogP contribution in [0.2, 0.25) is 0 Å². The summed E-state index contributed by atoms with van der Waals surface area (Å²) < 4.78 is 13.6. The van der Waals surface area contributed by atoms with Crippen molar-refractivity contribution >= 4 is 23.1 Å². The lowest BCUT2D eigenvalue weighted by molar-refractivity contribution is 0.102. The molecule has 0 radical (unpaired) electrons. The Morgan fingerprint density at radius 3 is 2.40 bits per heavy atom. The number of hydrogen-bond donors (Lipinski definition) is 2. The van der Waals surface area contributed by atoms with Crippen molar-refractivity contribution in [3.05, 3.63) is 77.2 Å². The highest BCUT2D eigenvalue weighted by Gasteiger charge is 2.11. The molecule has 3 rings (SSSR count). The van der Waals surface area contributed by atoms with Crippen LogP contribution in [-0.2, 0) is 0 Å². The predicted molar refractivity (Wildman–Crippen MR) is 95.6 cm³/mol. The van der Waals surface area contributed by atoms with E-state index in [1.165, 1.54) is 23.8 Å². The Labute approximate surface area is 144 Å². The maximum Gasteiger partial charge on any atom is 0.276 e. The molecule has 0 spiro atoms. The van der Waals surface area contributed by atoms with Crippen molar-refractivity contribution in [1.29, 1.82) is 0 Å². The van der Waals surface area contributed by atoms with Crippen LogP contribution >= 0.6 is 0 Å². The molecule has 0 unspecified atom stereocenters. The zero-order valence-corrected chi connectivity index (χ0v) is 13.9. The average molecular weight is 336 g/mol. The van der Waals surface area contributed by atoms with Crippen LogP contribution in [0.1, 0.15) is 21.6 Å². The van der Waals surface area contributed by atoms with Gasteiger partial charge in [-0.3, -0.25) is 4.79 Å². The van der Waals surface area contributed by atoms with Crippen LogP contribution in [0, 0.1) is 19.7 Å². The van der Waals surface area contributed by atoms with Gasteiger partial charge in [-0.2, -0.15) is 0 Å². The van der Waals surface area contributed by atoms with Gasteiger partial charge in [0.15, 0.2) is 11.5 Å². The van der Waals surface area contributed by atoms with Gasteiger partial charge in [0.05, 0.1) is 5.69 Å². The summed E-state index contributed by atoms with van der Waals surface area (Å²) in [6.45, 7) is 4.05. The van der Waals surface area contributed by atoms with E-state index >= 15 is 0 Å². The third-order valence-electron chi connectivity index (χ3n) is 3.89. The second-order valence-electron chi connectivity index (χ2n) is 5.61. The Morgan fingerprint density at radius 2 is 1.68 bits per heavy atom. The Morgan fingerprint density at radius 1 is 0.920 bits per heavy atom. The average Bonchev–Trinajstić information content (AvgIpc) is 2.61. The van der Waals surface area contributed by atoms with E-state index in [4.69, 9.17) is 0 Å². The van der Waals surface area contributed by atoms with Crippen molar-refractivity contribution in [2.75, 3.05) is 10.6 Å². The molecule has 0 saturated heterocycles. The number of para-hydroxylation sites is 1. The van der Waals surface area contributed by atoms with Gasteiger partial charge in [0.1, 0.15) is 5.82 Å². The van der Waals surface area contributed by atoms with Gasteiger partial charge in [-0.15, -0.1) is 10.2 Å². The van der Waals surface area contributed by atoms with Crippen LogP contribution in [-0.4, -0.2) is 16.1 Å². The minimum atomic E-state index is -0.518. The Kier molecular flexibility index (Phi) is 4.70. The van der Waals surface area contributed by atoms with Gasteiger partial charge < -0.3 is 10.6 Å². The van der Waals surface area contributed by atoms with Crippen molar-refractivity contribution in [3.8, 4) is 0 Å². The molecule has 6 heteroatoms. The summed E-state index contributed by atoms with van der Waals surface area (Å²) in [7, 11) is 0. The molecule has 126 valence electrons. The summed E-state index contributed by atoms with van der Waals surface area (Å²) in [6, 6.07) is 15.1. The summed E-state index contributed by atoms with van der Waals surface area (Å²) in [6.07, 6.45) is 0. The van der Waals surface area contributed by atoms with Crippen LogP contribution in [0.4, 0.5) is 21.6 Å². The molecule has 1 heterocycles. The second-order valence-corrected chi connectivity index (χ2v) is 5.61. The van der Waals surface area contributed by atoms with Crippen LogP contribution < -0.4 is 10.6 Å². The lowest BCUT2D eigenvalue weighted by atomic mass is 10.1. The first-order valence-corrected chi connectivity index (χ1v) is 7.77. The molecule has 0 fully saturated rings. The number of nitrogens with zero attached hydrogens (tertiary/aromatic N) is 2. The molecular weight excluding hydrogens is 319 g/mol. The zero-order chi connectivity index (χ0) is 17.8. The SMILES string of the molecule is Cc1cccc(Nc2ccc(C(=O)Nc3ccccc3F)nn2)c1C. The number of amides is 1. The van der Waals surface area contributed by atoms with Gasteiger partial charge in [-0.1, -0.05) is 24.3 Å². The fourth-order valence-corrected chi connectivity index (χ4v) is 2.29. The van der Waals surface area contributed by atoms with E-state index in [0.29, 0.717) is 5.82 Å². The number of nitrogens with one attached hydrogen (secondary N) is 2. The maximum atomic E-state index is 13.6. The maximum absolute atomic E-state index is 13.6. The smallest absolute Gasteiger partial charge is 0.276 e. The van der Waals surface area contributed by atoms with Gasteiger partial charge in [0.2, 0.25) is 0 Å². The monoisotopic (exact) mass is 336 g/mol. The van der Waals surface area contributed by atoms with Crippen LogP contribution in [0.3, 0.4) is 0 Å². The molecule has 0 aliphatic heterocycles. The summed E-state index contributed by atoms with van der Waals surface area (Å²) >= 11 is 0. The number of carbonyl (C=O) groups excluding carboxylic acids is 1. The molecule has 2 aromatic carbocycles. The second kappa shape index (κ2) is 7.09. The highest BCUT2D eigenvalue weighted by molar-refractivity contribution is 6.02. The molecule has 0 aliphatic rings.